The minimum Gasteiger partial charge on any atom is -0.492 e. The summed E-state index contributed by atoms with van der Waals surface area (Å²) in [6.45, 7) is 3.07. The van der Waals surface area contributed by atoms with Crippen LogP contribution in [0.5, 0.6) is 11.5 Å². The van der Waals surface area contributed by atoms with E-state index in [1.165, 1.54) is 0 Å². The molecule has 1 atom stereocenters. The van der Waals surface area contributed by atoms with E-state index in [2.05, 4.69) is 11.9 Å². The van der Waals surface area contributed by atoms with Gasteiger partial charge in [0.15, 0.2) is 0 Å². The summed E-state index contributed by atoms with van der Waals surface area (Å²) in [4.78, 5) is 4.15. The van der Waals surface area contributed by atoms with Crippen molar-refractivity contribution in [1.82, 2.24) is 4.98 Å². The second-order valence-electron chi connectivity index (χ2n) is 4.68. The molecule has 1 aromatic carbocycles. The van der Waals surface area contributed by atoms with Crippen molar-refractivity contribution in [2.75, 3.05) is 13.2 Å². The van der Waals surface area contributed by atoms with Crippen LogP contribution in [0.2, 0.25) is 5.02 Å². The van der Waals surface area contributed by atoms with Crippen LogP contribution >= 0.6 is 11.6 Å². The fourth-order valence-electron chi connectivity index (χ4n) is 1.78. The van der Waals surface area contributed by atoms with Crippen molar-refractivity contribution < 1.29 is 9.47 Å². The Kier molecular flexibility index (Phi) is 5.84. The molecule has 0 spiro atoms. The number of ether oxygens (including phenoxy) is 2. The zero-order chi connectivity index (χ0) is 15.1. The van der Waals surface area contributed by atoms with Crippen LogP contribution in [0.4, 0.5) is 0 Å². The number of hydrogen-bond acceptors (Lipinski definition) is 4. The van der Waals surface area contributed by atoms with Gasteiger partial charge in [0.1, 0.15) is 18.1 Å². The third kappa shape index (κ3) is 4.92. The Bertz CT molecular complexity index is 578. The van der Waals surface area contributed by atoms with Crippen molar-refractivity contribution in [2.45, 2.75) is 19.4 Å². The van der Waals surface area contributed by atoms with Gasteiger partial charge in [-0.3, -0.25) is 4.98 Å². The average molecular weight is 307 g/mol. The first-order valence-electron chi connectivity index (χ1n) is 6.90. The van der Waals surface area contributed by atoms with Gasteiger partial charge < -0.3 is 15.2 Å². The van der Waals surface area contributed by atoms with E-state index in [1.807, 2.05) is 18.2 Å². The molecule has 1 heterocycles. The zero-order valence-electron chi connectivity index (χ0n) is 12.0. The summed E-state index contributed by atoms with van der Waals surface area (Å²) in [6.07, 6.45) is 4.36. The van der Waals surface area contributed by atoms with Crippen LogP contribution in [0.25, 0.3) is 0 Å². The van der Waals surface area contributed by atoms with E-state index >= 15 is 0 Å². The van der Waals surface area contributed by atoms with E-state index < -0.39 is 0 Å². The SMILES string of the molecule is CCCOc1cncc(C(N)COc2cccc(Cl)c2)c1. The van der Waals surface area contributed by atoms with E-state index in [4.69, 9.17) is 26.8 Å². The maximum absolute atomic E-state index is 6.12. The molecule has 21 heavy (non-hydrogen) atoms. The lowest BCUT2D eigenvalue weighted by Crippen LogP contribution is -2.19. The molecule has 4 nitrogen and oxygen atoms in total. The number of halogens is 1. The summed E-state index contributed by atoms with van der Waals surface area (Å²) in [5.41, 5.74) is 7.01. The molecule has 112 valence electrons. The summed E-state index contributed by atoms with van der Waals surface area (Å²) >= 11 is 5.91. The first-order chi connectivity index (χ1) is 10.2. The second-order valence-corrected chi connectivity index (χ2v) is 5.11. The Morgan fingerprint density at radius 2 is 2.05 bits per heavy atom. The van der Waals surface area contributed by atoms with E-state index in [-0.39, 0.29) is 6.04 Å². The maximum Gasteiger partial charge on any atom is 0.137 e. The van der Waals surface area contributed by atoms with Crippen molar-refractivity contribution in [1.29, 1.82) is 0 Å². The summed E-state index contributed by atoms with van der Waals surface area (Å²) in [7, 11) is 0. The highest BCUT2D eigenvalue weighted by Crippen LogP contribution is 2.20. The van der Waals surface area contributed by atoms with Gasteiger partial charge in [-0.05, 0) is 36.2 Å². The highest BCUT2D eigenvalue weighted by molar-refractivity contribution is 6.30. The van der Waals surface area contributed by atoms with Crippen molar-refractivity contribution in [3.05, 3.63) is 53.3 Å². The van der Waals surface area contributed by atoms with E-state index in [1.54, 1.807) is 24.5 Å². The Morgan fingerprint density at radius 1 is 1.19 bits per heavy atom. The lowest BCUT2D eigenvalue weighted by atomic mass is 10.1. The van der Waals surface area contributed by atoms with E-state index in [0.717, 1.165) is 17.7 Å². The molecular weight excluding hydrogens is 288 g/mol. The standard InChI is InChI=1S/C16H19ClN2O2/c1-2-6-20-15-7-12(9-19-10-15)16(18)11-21-14-5-3-4-13(17)8-14/h3-5,7-10,16H,2,6,11,18H2,1H3. The third-order valence-electron chi connectivity index (χ3n) is 2.86. The quantitative estimate of drug-likeness (QED) is 0.849. The molecule has 0 saturated carbocycles. The van der Waals surface area contributed by atoms with E-state index in [0.29, 0.717) is 24.0 Å². The van der Waals surface area contributed by atoms with Crippen LogP contribution in [0.1, 0.15) is 24.9 Å². The van der Waals surface area contributed by atoms with Gasteiger partial charge in [-0.15, -0.1) is 0 Å². The normalized spacial score (nSPS) is 12.0. The summed E-state index contributed by atoms with van der Waals surface area (Å²) < 4.78 is 11.2. The first kappa shape index (κ1) is 15.6. The molecule has 2 N–H and O–H groups in total. The molecule has 1 aromatic heterocycles. The van der Waals surface area contributed by atoms with Crippen molar-refractivity contribution in [3.63, 3.8) is 0 Å². The van der Waals surface area contributed by atoms with E-state index in [9.17, 15) is 0 Å². The molecular formula is C16H19ClN2O2. The number of benzene rings is 1. The minimum absolute atomic E-state index is 0.276. The number of rotatable bonds is 7. The molecule has 1 unspecified atom stereocenters. The second kappa shape index (κ2) is 7.86. The number of pyridine rings is 1. The van der Waals surface area contributed by atoms with Gasteiger partial charge in [0.25, 0.3) is 0 Å². The molecule has 2 aromatic rings. The summed E-state index contributed by atoms with van der Waals surface area (Å²) in [5.74, 6) is 1.43. The third-order valence-corrected chi connectivity index (χ3v) is 3.10. The molecule has 5 heteroatoms. The largest absolute Gasteiger partial charge is 0.492 e. The van der Waals surface area contributed by atoms with Crippen LogP contribution in [0.15, 0.2) is 42.7 Å². The molecule has 0 bridgehead atoms. The monoisotopic (exact) mass is 306 g/mol. The van der Waals surface area contributed by atoms with Crippen LogP contribution in [0, 0.1) is 0 Å². The number of hydrogen-bond donors (Lipinski definition) is 1. The molecule has 0 aliphatic rings. The number of nitrogens with zero attached hydrogens (tertiary/aromatic N) is 1. The average Bonchev–Trinajstić information content (AvgIpc) is 2.51. The Labute approximate surface area is 129 Å². The predicted molar refractivity (Wildman–Crippen MR) is 83.9 cm³/mol. The van der Waals surface area contributed by atoms with Gasteiger partial charge in [0, 0.05) is 11.2 Å². The fourth-order valence-corrected chi connectivity index (χ4v) is 1.96. The Morgan fingerprint density at radius 3 is 2.81 bits per heavy atom. The Hall–Kier alpha value is -1.78. The zero-order valence-corrected chi connectivity index (χ0v) is 12.7. The van der Waals surface area contributed by atoms with Gasteiger partial charge in [0.2, 0.25) is 0 Å². The van der Waals surface area contributed by atoms with Gasteiger partial charge in [-0.1, -0.05) is 24.6 Å². The highest BCUT2D eigenvalue weighted by Gasteiger charge is 2.09. The number of nitrogens with two attached hydrogens (primary N) is 1. The summed E-state index contributed by atoms with van der Waals surface area (Å²) in [5, 5.41) is 0.637. The van der Waals surface area contributed by atoms with Gasteiger partial charge in [-0.25, -0.2) is 0 Å². The molecule has 0 aliphatic carbocycles. The summed E-state index contributed by atoms with van der Waals surface area (Å²) in [6, 6.07) is 8.86. The minimum atomic E-state index is -0.276. The maximum atomic E-state index is 6.12. The molecule has 0 fully saturated rings. The van der Waals surface area contributed by atoms with Crippen LogP contribution in [-0.4, -0.2) is 18.2 Å². The van der Waals surface area contributed by atoms with Gasteiger partial charge in [-0.2, -0.15) is 0 Å². The fraction of sp³-hybridized carbons (Fsp3) is 0.312. The highest BCUT2D eigenvalue weighted by atomic mass is 35.5. The van der Waals surface area contributed by atoms with Crippen molar-refractivity contribution >= 4 is 11.6 Å². The van der Waals surface area contributed by atoms with Crippen LogP contribution in [0.3, 0.4) is 0 Å². The molecule has 2 rings (SSSR count). The lowest BCUT2D eigenvalue weighted by Gasteiger charge is -2.14. The Balaban J connectivity index is 1.95. The molecule has 0 radical (unpaired) electrons. The lowest BCUT2D eigenvalue weighted by molar-refractivity contribution is 0.288. The van der Waals surface area contributed by atoms with Crippen molar-refractivity contribution in [3.8, 4) is 11.5 Å². The van der Waals surface area contributed by atoms with Crippen LogP contribution < -0.4 is 15.2 Å². The van der Waals surface area contributed by atoms with Crippen molar-refractivity contribution in [2.24, 2.45) is 5.73 Å². The number of aromatic nitrogens is 1. The van der Waals surface area contributed by atoms with Gasteiger partial charge in [0.05, 0.1) is 18.8 Å². The topological polar surface area (TPSA) is 57.4 Å². The molecule has 0 amide bonds. The van der Waals surface area contributed by atoms with Crippen LogP contribution in [-0.2, 0) is 0 Å². The predicted octanol–water partition coefficient (Wildman–Crippen LogP) is 3.60. The first-order valence-corrected chi connectivity index (χ1v) is 7.28. The molecule has 0 aliphatic heterocycles. The smallest absolute Gasteiger partial charge is 0.137 e. The molecule has 0 saturated heterocycles. The van der Waals surface area contributed by atoms with Gasteiger partial charge >= 0.3 is 0 Å².